The van der Waals surface area contributed by atoms with Crippen LogP contribution >= 0.6 is 0 Å². The van der Waals surface area contributed by atoms with Crippen molar-refractivity contribution in [3.05, 3.63) is 12.2 Å². The van der Waals surface area contributed by atoms with Crippen LogP contribution < -0.4 is 0 Å². The Morgan fingerprint density at radius 3 is 1.74 bits per heavy atom. The fourth-order valence-electron chi connectivity index (χ4n) is 0.985. The summed E-state index contributed by atoms with van der Waals surface area (Å²) in [7, 11) is 0. The van der Waals surface area contributed by atoms with E-state index in [0.717, 1.165) is 0 Å². The molecule has 0 aliphatic rings. The number of rotatable bonds is 8. The Hall–Kier alpha value is -1.56. The first-order valence-electron chi connectivity index (χ1n) is 5.29. The number of hydrogen-bond acceptors (Lipinski definition) is 2. The van der Waals surface area contributed by atoms with Crippen LogP contribution in [0, 0.1) is 0 Å². The Labute approximate surface area is 120 Å². The maximum atomic E-state index is 12.9. The average Bonchev–Trinajstić information content (AvgIpc) is 2.42. The molecule has 0 rings (SSSR count). The molecule has 13 heteroatoms. The number of ether oxygens (including phenoxy) is 1. The van der Waals surface area contributed by atoms with Gasteiger partial charge in [-0.15, -0.1) is 0 Å². The minimum absolute atomic E-state index is 1.75. The van der Waals surface area contributed by atoms with Crippen LogP contribution in [0.15, 0.2) is 12.2 Å². The molecule has 1 unspecified atom stereocenters. The van der Waals surface area contributed by atoms with Crippen LogP contribution in [0.4, 0.5) is 48.3 Å². The molecule has 136 valence electrons. The monoisotopic (exact) mass is 368 g/mol. The third-order valence-corrected chi connectivity index (χ3v) is 2.35. The van der Waals surface area contributed by atoms with E-state index < -0.39 is 54.9 Å². The molecule has 23 heavy (non-hydrogen) atoms. The van der Waals surface area contributed by atoms with Gasteiger partial charge in [-0.1, -0.05) is 6.58 Å². The van der Waals surface area contributed by atoms with Gasteiger partial charge in [-0.3, -0.25) is 0 Å². The predicted octanol–water partition coefficient (Wildman–Crippen LogP) is 3.86. The first-order chi connectivity index (χ1) is 10.1. The molecular formula is C10H7F11O2. The van der Waals surface area contributed by atoms with Crippen molar-refractivity contribution in [2.24, 2.45) is 0 Å². The molecule has 0 bridgehead atoms. The highest BCUT2D eigenvalue weighted by molar-refractivity contribution is 5.88. The topological polar surface area (TPSA) is 26.3 Å². The standard InChI is InChI=1S/C10H7F11O2/c1-3(4(11)5(12)13)6(22)23-2-8(16,17)10(20,21)9(18,19)7(14)15/h4-5,7H,1-2H2. The number of halogens is 11. The van der Waals surface area contributed by atoms with Gasteiger partial charge in [0.2, 0.25) is 0 Å². The molecule has 0 heterocycles. The summed E-state index contributed by atoms with van der Waals surface area (Å²) in [6.07, 6.45) is -12.4. The van der Waals surface area contributed by atoms with Crippen molar-refractivity contribution in [3.8, 4) is 0 Å². The Kier molecular flexibility index (Phi) is 6.44. The zero-order valence-corrected chi connectivity index (χ0v) is 10.6. The Bertz CT molecular complexity index is 446. The summed E-state index contributed by atoms with van der Waals surface area (Å²) in [5.74, 6) is -21.5. The lowest BCUT2D eigenvalue weighted by atomic mass is 10.1. The largest absolute Gasteiger partial charge is 0.456 e. The molecule has 0 radical (unpaired) electrons. The van der Waals surface area contributed by atoms with Crippen molar-refractivity contribution in [2.45, 2.75) is 36.8 Å². The summed E-state index contributed by atoms with van der Waals surface area (Å²) in [4.78, 5) is 10.8. The quantitative estimate of drug-likeness (QED) is 0.370. The van der Waals surface area contributed by atoms with Crippen molar-refractivity contribution >= 4 is 5.97 Å². The number of carbonyl (C=O) groups excluding carboxylic acids is 1. The smallest absolute Gasteiger partial charge is 0.381 e. The van der Waals surface area contributed by atoms with Crippen LogP contribution in [0.1, 0.15) is 0 Å². The Morgan fingerprint density at radius 1 is 0.957 bits per heavy atom. The molecule has 0 aromatic rings. The lowest BCUT2D eigenvalue weighted by Crippen LogP contribution is -2.59. The second kappa shape index (κ2) is 6.91. The van der Waals surface area contributed by atoms with Gasteiger partial charge < -0.3 is 4.74 Å². The molecule has 0 saturated heterocycles. The lowest BCUT2D eigenvalue weighted by Gasteiger charge is -2.31. The van der Waals surface area contributed by atoms with Crippen LogP contribution in [0.25, 0.3) is 0 Å². The van der Waals surface area contributed by atoms with Crippen molar-refractivity contribution < 1.29 is 57.8 Å². The van der Waals surface area contributed by atoms with Gasteiger partial charge in [0, 0.05) is 0 Å². The lowest BCUT2D eigenvalue weighted by molar-refractivity contribution is -0.344. The molecule has 0 aliphatic heterocycles. The van der Waals surface area contributed by atoms with Crippen LogP contribution in [0.2, 0.25) is 0 Å². The van der Waals surface area contributed by atoms with E-state index in [1.165, 1.54) is 0 Å². The SMILES string of the molecule is C=C(C(=O)OCC(F)(F)C(F)(F)C(F)(F)C(F)F)C(F)C(F)F. The van der Waals surface area contributed by atoms with Gasteiger partial charge in [-0.2, -0.15) is 26.3 Å². The fourth-order valence-corrected chi connectivity index (χ4v) is 0.985. The molecule has 0 aliphatic carbocycles. The summed E-state index contributed by atoms with van der Waals surface area (Å²) in [5.41, 5.74) is -1.75. The Balaban J connectivity index is 5.08. The summed E-state index contributed by atoms with van der Waals surface area (Å²) in [6, 6.07) is 0. The predicted molar refractivity (Wildman–Crippen MR) is 51.8 cm³/mol. The van der Waals surface area contributed by atoms with Gasteiger partial charge in [0.1, 0.15) is 0 Å². The summed E-state index contributed by atoms with van der Waals surface area (Å²) >= 11 is 0. The van der Waals surface area contributed by atoms with E-state index in [-0.39, 0.29) is 0 Å². The van der Waals surface area contributed by atoms with Gasteiger partial charge in [0.15, 0.2) is 12.8 Å². The maximum absolute atomic E-state index is 12.9. The molecule has 1 atom stereocenters. The molecule has 2 nitrogen and oxygen atoms in total. The zero-order valence-electron chi connectivity index (χ0n) is 10.6. The second-order valence-electron chi connectivity index (χ2n) is 4.04. The third-order valence-electron chi connectivity index (χ3n) is 2.35. The number of alkyl halides is 11. The number of hydrogen-bond donors (Lipinski definition) is 0. The molecule has 0 aromatic carbocycles. The van der Waals surface area contributed by atoms with Crippen molar-refractivity contribution in [2.75, 3.05) is 6.61 Å². The summed E-state index contributed by atoms with van der Waals surface area (Å²) in [6.45, 7) is -0.507. The van der Waals surface area contributed by atoms with Crippen LogP contribution in [-0.4, -0.2) is 49.4 Å². The average molecular weight is 368 g/mol. The third kappa shape index (κ3) is 4.25. The molecule has 0 amide bonds. The van der Waals surface area contributed by atoms with Gasteiger partial charge in [-0.25, -0.2) is 26.7 Å². The minimum Gasteiger partial charge on any atom is -0.456 e. The number of esters is 1. The van der Waals surface area contributed by atoms with Gasteiger partial charge in [0.05, 0.1) is 5.57 Å². The molecule has 0 saturated carbocycles. The minimum atomic E-state index is -6.65. The van der Waals surface area contributed by atoms with E-state index in [0.29, 0.717) is 0 Å². The fraction of sp³-hybridized carbons (Fsp3) is 0.700. The highest BCUT2D eigenvalue weighted by Crippen LogP contribution is 2.48. The van der Waals surface area contributed by atoms with Crippen LogP contribution in [-0.2, 0) is 9.53 Å². The normalized spacial score (nSPS) is 15.0. The van der Waals surface area contributed by atoms with E-state index in [4.69, 9.17) is 0 Å². The second-order valence-corrected chi connectivity index (χ2v) is 4.04. The van der Waals surface area contributed by atoms with E-state index in [9.17, 15) is 53.1 Å². The molecule has 0 spiro atoms. The summed E-state index contributed by atoms with van der Waals surface area (Å²) < 4.78 is 139. The van der Waals surface area contributed by atoms with Crippen molar-refractivity contribution in [3.63, 3.8) is 0 Å². The molecule has 0 N–H and O–H groups in total. The first kappa shape index (κ1) is 21.4. The Morgan fingerprint density at radius 2 is 1.39 bits per heavy atom. The summed E-state index contributed by atoms with van der Waals surface area (Å²) in [5, 5.41) is 0. The van der Waals surface area contributed by atoms with Gasteiger partial charge >= 0.3 is 30.2 Å². The van der Waals surface area contributed by atoms with E-state index in [1.807, 2.05) is 0 Å². The molecule has 0 aromatic heterocycles. The van der Waals surface area contributed by atoms with Gasteiger partial charge in [-0.05, 0) is 0 Å². The molecular weight excluding hydrogens is 361 g/mol. The van der Waals surface area contributed by atoms with E-state index in [1.54, 1.807) is 0 Å². The maximum Gasteiger partial charge on any atom is 0.381 e. The van der Waals surface area contributed by atoms with E-state index in [2.05, 4.69) is 11.3 Å². The van der Waals surface area contributed by atoms with Gasteiger partial charge in [0.25, 0.3) is 6.43 Å². The number of carbonyl (C=O) groups is 1. The highest BCUT2D eigenvalue weighted by atomic mass is 19.4. The zero-order chi connectivity index (χ0) is 18.8. The van der Waals surface area contributed by atoms with Crippen molar-refractivity contribution in [1.29, 1.82) is 0 Å². The first-order valence-corrected chi connectivity index (χ1v) is 5.29. The van der Waals surface area contributed by atoms with Crippen LogP contribution in [0.3, 0.4) is 0 Å². The molecule has 0 fully saturated rings. The van der Waals surface area contributed by atoms with Crippen LogP contribution in [0.5, 0.6) is 0 Å². The van der Waals surface area contributed by atoms with E-state index >= 15 is 0 Å². The highest BCUT2D eigenvalue weighted by Gasteiger charge is 2.75. The van der Waals surface area contributed by atoms with Crippen molar-refractivity contribution in [1.82, 2.24) is 0 Å².